The third-order valence-corrected chi connectivity index (χ3v) is 4.96. The van der Waals surface area contributed by atoms with Gasteiger partial charge in [0.25, 0.3) is 5.52 Å². The van der Waals surface area contributed by atoms with Gasteiger partial charge in [0.15, 0.2) is 23.4 Å². The van der Waals surface area contributed by atoms with Gasteiger partial charge in [0, 0.05) is 17.5 Å². The molecule has 0 saturated heterocycles. The second-order valence-corrected chi connectivity index (χ2v) is 6.38. The molecule has 2 aromatic carbocycles. The third-order valence-electron chi connectivity index (χ3n) is 4.96. The van der Waals surface area contributed by atoms with Crippen LogP contribution in [-0.4, -0.2) is 28.4 Å². The van der Waals surface area contributed by atoms with Crippen LogP contribution in [0.2, 0.25) is 0 Å². The maximum absolute atomic E-state index is 5.75. The zero-order valence-corrected chi connectivity index (χ0v) is 16.1. The third kappa shape index (κ3) is 2.42. The molecule has 0 radical (unpaired) electrons. The molecule has 4 aromatic rings. The van der Waals surface area contributed by atoms with Crippen LogP contribution in [0.3, 0.4) is 0 Å². The number of pyridine rings is 2. The van der Waals surface area contributed by atoms with Crippen LogP contribution in [0, 0.1) is 6.92 Å². The van der Waals surface area contributed by atoms with Gasteiger partial charge in [0.2, 0.25) is 11.3 Å². The lowest BCUT2D eigenvalue weighted by Gasteiger charge is -2.14. The molecule has 5 nitrogen and oxygen atoms in total. The second-order valence-electron chi connectivity index (χ2n) is 6.38. The van der Waals surface area contributed by atoms with Crippen LogP contribution in [-0.2, 0) is 0 Å². The first-order valence-corrected chi connectivity index (χ1v) is 8.68. The van der Waals surface area contributed by atoms with Crippen molar-refractivity contribution in [2.45, 2.75) is 6.92 Å². The average molecular weight is 364 g/mol. The summed E-state index contributed by atoms with van der Waals surface area (Å²) in [6.45, 7) is 2.07. The van der Waals surface area contributed by atoms with E-state index in [9.17, 15) is 0 Å². The predicted molar refractivity (Wildman–Crippen MR) is 106 cm³/mol. The van der Waals surface area contributed by atoms with E-state index >= 15 is 0 Å². The number of nitrogens with zero attached hydrogens (tertiary/aromatic N) is 1. The van der Waals surface area contributed by atoms with Crippen molar-refractivity contribution in [3.63, 3.8) is 0 Å². The molecule has 0 unspecified atom stereocenters. The quantitative estimate of drug-likeness (QED) is 0.404. The summed E-state index contributed by atoms with van der Waals surface area (Å²) in [5.74, 6) is 2.81. The summed E-state index contributed by atoms with van der Waals surface area (Å²) in [4.78, 5) is 0. The van der Waals surface area contributed by atoms with Crippen LogP contribution in [0.25, 0.3) is 27.2 Å². The second kappa shape index (κ2) is 6.50. The summed E-state index contributed by atoms with van der Waals surface area (Å²) in [7, 11) is 6.63. The minimum Gasteiger partial charge on any atom is -0.493 e. The number of rotatable bonds is 4. The van der Waals surface area contributed by atoms with Crippen LogP contribution in [0.1, 0.15) is 5.56 Å². The standard InChI is InChI=1S/C22H22NO4/c1-13-10-11-23-16(12-13)19-14(6-8-17(24-2)21(19)26-4)15-7-9-18(25-3)22(27-5)20(15)23/h6-12H,1-5H3/q+1. The molecule has 0 aliphatic rings. The van der Waals surface area contributed by atoms with Crippen molar-refractivity contribution in [1.82, 2.24) is 0 Å². The lowest BCUT2D eigenvalue weighted by atomic mass is 10.0. The molecule has 5 heteroatoms. The zero-order valence-electron chi connectivity index (χ0n) is 16.1. The van der Waals surface area contributed by atoms with Crippen molar-refractivity contribution in [3.8, 4) is 23.0 Å². The fraction of sp³-hybridized carbons (Fsp3) is 0.227. The van der Waals surface area contributed by atoms with E-state index in [1.54, 1.807) is 28.4 Å². The number of ether oxygens (including phenoxy) is 4. The van der Waals surface area contributed by atoms with Gasteiger partial charge in [-0.1, -0.05) is 0 Å². The van der Waals surface area contributed by atoms with Gasteiger partial charge in [-0.15, -0.1) is 0 Å². The Morgan fingerprint density at radius 1 is 0.704 bits per heavy atom. The molecule has 0 bridgehead atoms. The molecule has 138 valence electrons. The van der Waals surface area contributed by atoms with Crippen LogP contribution < -0.4 is 23.3 Å². The molecule has 0 aliphatic carbocycles. The topological polar surface area (TPSA) is 41.0 Å². The monoisotopic (exact) mass is 364 g/mol. The fourth-order valence-electron chi connectivity index (χ4n) is 3.77. The summed E-state index contributed by atoms with van der Waals surface area (Å²) in [6, 6.07) is 12.2. The van der Waals surface area contributed by atoms with Crippen molar-refractivity contribution in [3.05, 3.63) is 48.2 Å². The number of benzene rings is 2. The molecule has 0 saturated carbocycles. The van der Waals surface area contributed by atoms with Crippen molar-refractivity contribution in [1.29, 1.82) is 0 Å². The van der Waals surface area contributed by atoms with Gasteiger partial charge < -0.3 is 18.9 Å². The Bertz CT molecular complexity index is 1180. The number of methoxy groups -OCH3 is 4. The van der Waals surface area contributed by atoms with Crippen molar-refractivity contribution < 1.29 is 23.3 Å². The van der Waals surface area contributed by atoms with Crippen LogP contribution in [0.5, 0.6) is 23.0 Å². The first-order valence-electron chi connectivity index (χ1n) is 8.68. The van der Waals surface area contributed by atoms with Gasteiger partial charge in [-0.3, -0.25) is 0 Å². The molecule has 0 N–H and O–H groups in total. The summed E-state index contributed by atoms with van der Waals surface area (Å²) in [5.41, 5.74) is 3.12. The Hall–Kier alpha value is -3.21. The summed E-state index contributed by atoms with van der Waals surface area (Å²) in [5, 5.41) is 3.11. The average Bonchev–Trinajstić information content (AvgIpc) is 2.71. The number of fused-ring (bicyclic) bond motifs is 6. The number of hydrogen-bond acceptors (Lipinski definition) is 4. The van der Waals surface area contributed by atoms with Gasteiger partial charge in [0.1, 0.15) is 5.39 Å². The molecule has 0 atom stereocenters. The zero-order chi connectivity index (χ0) is 19.1. The van der Waals surface area contributed by atoms with Crippen molar-refractivity contribution in [2.24, 2.45) is 0 Å². The van der Waals surface area contributed by atoms with E-state index in [1.165, 1.54) is 0 Å². The van der Waals surface area contributed by atoms with Crippen LogP contribution in [0.15, 0.2) is 42.6 Å². The summed E-state index contributed by atoms with van der Waals surface area (Å²) < 4.78 is 24.7. The molecule has 27 heavy (non-hydrogen) atoms. The molecule has 0 aliphatic heterocycles. The molecule has 0 spiro atoms. The maximum atomic E-state index is 5.75. The number of hydrogen-bond donors (Lipinski definition) is 0. The highest BCUT2D eigenvalue weighted by Gasteiger charge is 2.26. The minimum atomic E-state index is 0.694. The van der Waals surface area contributed by atoms with Crippen molar-refractivity contribution >= 4 is 27.2 Å². The maximum Gasteiger partial charge on any atom is 0.265 e. The lowest BCUT2D eigenvalue weighted by molar-refractivity contribution is -0.480. The number of aryl methyl sites for hydroxylation is 1. The van der Waals surface area contributed by atoms with E-state index in [0.29, 0.717) is 17.2 Å². The highest BCUT2D eigenvalue weighted by atomic mass is 16.5. The van der Waals surface area contributed by atoms with Crippen LogP contribution >= 0.6 is 0 Å². The van der Waals surface area contributed by atoms with Gasteiger partial charge in [-0.05, 0) is 36.8 Å². The highest BCUT2D eigenvalue weighted by Crippen LogP contribution is 2.43. The Labute approximate surface area is 157 Å². The molecular weight excluding hydrogens is 342 g/mol. The van der Waals surface area contributed by atoms with Gasteiger partial charge in [-0.2, -0.15) is 4.40 Å². The van der Waals surface area contributed by atoms with E-state index in [0.717, 1.165) is 38.5 Å². The Morgan fingerprint density at radius 3 is 1.96 bits per heavy atom. The first-order chi connectivity index (χ1) is 13.1. The van der Waals surface area contributed by atoms with Crippen LogP contribution in [0.4, 0.5) is 0 Å². The predicted octanol–water partition coefficient (Wildman–Crippen LogP) is 4.07. The molecule has 0 fully saturated rings. The number of aromatic nitrogens is 1. The molecule has 4 rings (SSSR count). The Kier molecular flexibility index (Phi) is 4.15. The Morgan fingerprint density at radius 2 is 1.33 bits per heavy atom. The van der Waals surface area contributed by atoms with E-state index < -0.39 is 0 Å². The summed E-state index contributed by atoms with van der Waals surface area (Å²) >= 11 is 0. The summed E-state index contributed by atoms with van der Waals surface area (Å²) in [6.07, 6.45) is 2.05. The van der Waals surface area contributed by atoms with E-state index in [4.69, 9.17) is 18.9 Å². The fourth-order valence-corrected chi connectivity index (χ4v) is 3.77. The Balaban J connectivity index is 2.37. The molecule has 2 heterocycles. The van der Waals surface area contributed by atoms with E-state index in [2.05, 4.69) is 35.6 Å². The minimum absolute atomic E-state index is 0.694. The van der Waals surface area contributed by atoms with Gasteiger partial charge >= 0.3 is 0 Å². The van der Waals surface area contributed by atoms with E-state index in [-0.39, 0.29) is 0 Å². The molecule has 0 amide bonds. The lowest BCUT2D eigenvalue weighted by Crippen LogP contribution is -2.24. The smallest absolute Gasteiger partial charge is 0.265 e. The largest absolute Gasteiger partial charge is 0.493 e. The highest BCUT2D eigenvalue weighted by molar-refractivity contribution is 6.14. The SMILES string of the molecule is COc1ccc2c3ccc(OC)c(OC)c3[n+]3ccc(C)cc3c2c1OC. The van der Waals surface area contributed by atoms with E-state index in [1.807, 2.05) is 18.3 Å². The molecule has 2 aromatic heterocycles. The van der Waals surface area contributed by atoms with Gasteiger partial charge in [0.05, 0.1) is 33.8 Å². The van der Waals surface area contributed by atoms with Gasteiger partial charge in [-0.25, -0.2) is 0 Å². The van der Waals surface area contributed by atoms with Crippen molar-refractivity contribution in [2.75, 3.05) is 28.4 Å². The normalized spacial score (nSPS) is 11.1. The molecular formula is C22H22NO4+. The first kappa shape index (κ1) is 17.2.